The number of benzene rings is 1. The molecule has 0 aliphatic heterocycles. The first-order chi connectivity index (χ1) is 10.8. The lowest BCUT2D eigenvalue weighted by Gasteiger charge is -2.15. The standard InChI is InChI=1S/C19H24N2O/c1-2-3-13-21-18(15-7-5-4-6-8-15)12-9-16(19(21)22)14-20-17-10-11-17/h4-9,12,17,20H,2-3,10-11,13-14H2,1H3. The van der Waals surface area contributed by atoms with Crippen molar-refractivity contribution in [2.24, 2.45) is 0 Å². The van der Waals surface area contributed by atoms with E-state index in [1.165, 1.54) is 12.8 Å². The highest BCUT2D eigenvalue weighted by molar-refractivity contribution is 5.59. The molecule has 3 heteroatoms. The summed E-state index contributed by atoms with van der Waals surface area (Å²) >= 11 is 0. The summed E-state index contributed by atoms with van der Waals surface area (Å²) in [5.74, 6) is 0. The molecule has 0 amide bonds. The van der Waals surface area contributed by atoms with E-state index in [-0.39, 0.29) is 5.56 Å². The van der Waals surface area contributed by atoms with E-state index in [1.54, 1.807) is 0 Å². The fourth-order valence-electron chi connectivity index (χ4n) is 2.70. The maximum atomic E-state index is 12.8. The normalized spacial score (nSPS) is 14.2. The Labute approximate surface area is 132 Å². The smallest absolute Gasteiger partial charge is 0.255 e. The fourth-order valence-corrected chi connectivity index (χ4v) is 2.70. The number of nitrogens with one attached hydrogen (secondary N) is 1. The average molecular weight is 296 g/mol. The number of rotatable bonds is 7. The van der Waals surface area contributed by atoms with Crippen LogP contribution in [0.5, 0.6) is 0 Å². The largest absolute Gasteiger partial charge is 0.310 e. The van der Waals surface area contributed by atoms with Crippen molar-refractivity contribution in [1.82, 2.24) is 9.88 Å². The molecule has 0 atom stereocenters. The lowest BCUT2D eigenvalue weighted by atomic mass is 10.1. The van der Waals surface area contributed by atoms with Gasteiger partial charge in [-0.1, -0.05) is 49.7 Å². The molecular formula is C19H24N2O. The topological polar surface area (TPSA) is 34.0 Å². The van der Waals surface area contributed by atoms with Crippen LogP contribution >= 0.6 is 0 Å². The second-order valence-corrected chi connectivity index (χ2v) is 6.08. The van der Waals surface area contributed by atoms with Crippen molar-refractivity contribution in [3.05, 3.63) is 58.4 Å². The Morgan fingerprint density at radius 1 is 1.14 bits per heavy atom. The molecule has 22 heavy (non-hydrogen) atoms. The van der Waals surface area contributed by atoms with Crippen molar-refractivity contribution in [2.45, 2.75) is 51.7 Å². The van der Waals surface area contributed by atoms with E-state index in [2.05, 4.69) is 30.4 Å². The lowest BCUT2D eigenvalue weighted by molar-refractivity contribution is 0.604. The van der Waals surface area contributed by atoms with Crippen LogP contribution in [0.3, 0.4) is 0 Å². The van der Waals surface area contributed by atoms with Gasteiger partial charge in [0.2, 0.25) is 0 Å². The fraction of sp³-hybridized carbons (Fsp3) is 0.421. The van der Waals surface area contributed by atoms with Gasteiger partial charge in [0.25, 0.3) is 5.56 Å². The zero-order valence-corrected chi connectivity index (χ0v) is 13.2. The number of hydrogen-bond donors (Lipinski definition) is 1. The Kier molecular flexibility index (Phi) is 4.74. The van der Waals surface area contributed by atoms with E-state index in [1.807, 2.05) is 28.8 Å². The minimum atomic E-state index is 0.156. The third-order valence-electron chi connectivity index (χ3n) is 4.22. The van der Waals surface area contributed by atoms with Crippen LogP contribution in [0.1, 0.15) is 38.2 Å². The van der Waals surface area contributed by atoms with Gasteiger partial charge in [-0.2, -0.15) is 0 Å². The summed E-state index contributed by atoms with van der Waals surface area (Å²) in [5.41, 5.74) is 3.16. The van der Waals surface area contributed by atoms with Gasteiger partial charge in [-0.3, -0.25) is 4.79 Å². The molecular weight excluding hydrogens is 272 g/mol. The molecule has 0 radical (unpaired) electrons. The predicted octanol–water partition coefficient (Wildman–Crippen LogP) is 3.57. The molecule has 116 valence electrons. The molecule has 1 aromatic carbocycles. The molecule has 1 aliphatic rings. The Bertz CT molecular complexity index is 672. The molecule has 1 fully saturated rings. The highest BCUT2D eigenvalue weighted by atomic mass is 16.1. The SMILES string of the molecule is CCCCn1c(-c2ccccc2)ccc(CNC2CC2)c1=O. The van der Waals surface area contributed by atoms with Crippen LogP contribution in [0.4, 0.5) is 0 Å². The van der Waals surface area contributed by atoms with Gasteiger partial charge < -0.3 is 9.88 Å². The number of hydrogen-bond acceptors (Lipinski definition) is 2. The van der Waals surface area contributed by atoms with Crippen molar-refractivity contribution >= 4 is 0 Å². The summed E-state index contributed by atoms with van der Waals surface area (Å²) in [6, 6.07) is 14.9. The van der Waals surface area contributed by atoms with Crippen molar-refractivity contribution in [3.8, 4) is 11.3 Å². The van der Waals surface area contributed by atoms with E-state index in [4.69, 9.17) is 0 Å². The quantitative estimate of drug-likeness (QED) is 0.847. The van der Waals surface area contributed by atoms with Crippen molar-refractivity contribution < 1.29 is 0 Å². The maximum Gasteiger partial charge on any atom is 0.255 e. The van der Waals surface area contributed by atoms with Crippen LogP contribution in [-0.2, 0) is 13.1 Å². The summed E-state index contributed by atoms with van der Waals surface area (Å²) in [4.78, 5) is 12.8. The van der Waals surface area contributed by atoms with Crippen molar-refractivity contribution in [3.63, 3.8) is 0 Å². The van der Waals surface area contributed by atoms with E-state index < -0.39 is 0 Å². The Morgan fingerprint density at radius 3 is 2.59 bits per heavy atom. The average Bonchev–Trinajstić information content (AvgIpc) is 3.37. The van der Waals surface area contributed by atoms with Gasteiger partial charge in [-0.05, 0) is 30.9 Å². The molecule has 1 N–H and O–H groups in total. The second kappa shape index (κ2) is 6.93. The van der Waals surface area contributed by atoms with Crippen LogP contribution in [-0.4, -0.2) is 10.6 Å². The van der Waals surface area contributed by atoms with Crippen LogP contribution in [0, 0.1) is 0 Å². The first kappa shape index (κ1) is 15.0. The van der Waals surface area contributed by atoms with Crippen LogP contribution in [0.2, 0.25) is 0 Å². The molecule has 2 aromatic rings. The zero-order valence-electron chi connectivity index (χ0n) is 13.2. The first-order valence-corrected chi connectivity index (χ1v) is 8.31. The number of pyridine rings is 1. The molecule has 1 heterocycles. The molecule has 1 aliphatic carbocycles. The molecule has 0 saturated heterocycles. The Balaban J connectivity index is 1.94. The molecule has 1 aromatic heterocycles. The van der Waals surface area contributed by atoms with Crippen LogP contribution < -0.4 is 10.9 Å². The third-order valence-corrected chi connectivity index (χ3v) is 4.22. The Morgan fingerprint density at radius 2 is 1.91 bits per heavy atom. The van der Waals surface area contributed by atoms with Crippen LogP contribution in [0.15, 0.2) is 47.3 Å². The summed E-state index contributed by atoms with van der Waals surface area (Å²) in [5, 5.41) is 3.44. The highest BCUT2D eigenvalue weighted by Gasteiger charge is 2.21. The van der Waals surface area contributed by atoms with Gasteiger partial charge in [-0.25, -0.2) is 0 Å². The highest BCUT2D eigenvalue weighted by Crippen LogP contribution is 2.20. The maximum absolute atomic E-state index is 12.8. The second-order valence-electron chi connectivity index (χ2n) is 6.08. The molecule has 0 spiro atoms. The number of nitrogens with zero attached hydrogens (tertiary/aromatic N) is 1. The zero-order chi connectivity index (χ0) is 15.4. The number of unbranched alkanes of at least 4 members (excludes halogenated alkanes) is 1. The summed E-state index contributed by atoms with van der Waals surface area (Å²) in [6.07, 6.45) is 4.60. The molecule has 0 unspecified atom stereocenters. The third kappa shape index (κ3) is 3.47. The van der Waals surface area contributed by atoms with E-state index in [0.29, 0.717) is 12.6 Å². The van der Waals surface area contributed by atoms with Gasteiger partial charge in [0, 0.05) is 24.7 Å². The summed E-state index contributed by atoms with van der Waals surface area (Å²) in [6.45, 7) is 3.63. The minimum Gasteiger partial charge on any atom is -0.310 e. The van der Waals surface area contributed by atoms with Gasteiger partial charge in [0.15, 0.2) is 0 Å². The van der Waals surface area contributed by atoms with Gasteiger partial charge in [0.05, 0.1) is 5.69 Å². The number of aromatic nitrogens is 1. The molecule has 3 rings (SSSR count). The molecule has 1 saturated carbocycles. The lowest BCUT2D eigenvalue weighted by Crippen LogP contribution is -2.29. The monoisotopic (exact) mass is 296 g/mol. The molecule has 0 bridgehead atoms. The predicted molar refractivity (Wildman–Crippen MR) is 90.9 cm³/mol. The van der Waals surface area contributed by atoms with Crippen LogP contribution in [0.25, 0.3) is 11.3 Å². The first-order valence-electron chi connectivity index (χ1n) is 8.31. The van der Waals surface area contributed by atoms with Gasteiger partial charge in [-0.15, -0.1) is 0 Å². The summed E-state index contributed by atoms with van der Waals surface area (Å²) in [7, 11) is 0. The van der Waals surface area contributed by atoms with E-state index in [9.17, 15) is 4.79 Å². The van der Waals surface area contributed by atoms with E-state index in [0.717, 1.165) is 36.2 Å². The van der Waals surface area contributed by atoms with Gasteiger partial charge in [0.1, 0.15) is 0 Å². The van der Waals surface area contributed by atoms with Crippen molar-refractivity contribution in [1.29, 1.82) is 0 Å². The van der Waals surface area contributed by atoms with Crippen molar-refractivity contribution in [2.75, 3.05) is 0 Å². The Hall–Kier alpha value is -1.87. The molecule has 3 nitrogen and oxygen atoms in total. The van der Waals surface area contributed by atoms with E-state index >= 15 is 0 Å². The van der Waals surface area contributed by atoms with Gasteiger partial charge >= 0.3 is 0 Å². The minimum absolute atomic E-state index is 0.156. The summed E-state index contributed by atoms with van der Waals surface area (Å²) < 4.78 is 1.95.